The number of nitriles is 1. The maximum absolute atomic E-state index is 13.6. The molecule has 1 amide bonds. The highest BCUT2D eigenvalue weighted by Crippen LogP contribution is 2.20. The smallest absolute Gasteiger partial charge is 0.254 e. The van der Waals surface area contributed by atoms with Crippen molar-refractivity contribution in [1.29, 1.82) is 5.26 Å². The van der Waals surface area contributed by atoms with Gasteiger partial charge in [-0.1, -0.05) is 0 Å². The molecule has 2 saturated heterocycles. The maximum atomic E-state index is 13.6. The third-order valence-electron chi connectivity index (χ3n) is 4.64. The number of ether oxygens (including phenoxy) is 1. The number of β-amino-alcohol motifs (C(OH)–C–C–N with tert-alkyl or cyclic N) is 1. The molecule has 1 atom stereocenters. The Balaban J connectivity index is 1.77. The number of hydrogen-bond donors (Lipinski definition) is 1. The molecule has 1 unspecified atom stereocenters. The van der Waals surface area contributed by atoms with E-state index >= 15 is 0 Å². The lowest BCUT2D eigenvalue weighted by molar-refractivity contribution is -0.0524. The standard InChI is InChI=1S/C18H22FN3O3/c19-16-8-14(10-20)7-15(9-16)17(23)22-5-6-25-13-18(24,12-22)11-21-3-1-2-4-21/h7-9,24H,1-6,11-13H2. The first-order valence-corrected chi connectivity index (χ1v) is 8.52. The van der Waals surface area contributed by atoms with Crippen molar-refractivity contribution in [2.45, 2.75) is 18.4 Å². The molecule has 134 valence electrons. The molecule has 0 radical (unpaired) electrons. The molecule has 6 nitrogen and oxygen atoms in total. The molecular formula is C18H22FN3O3. The molecule has 1 aromatic rings. The lowest BCUT2D eigenvalue weighted by Crippen LogP contribution is -2.53. The third kappa shape index (κ3) is 4.34. The monoisotopic (exact) mass is 347 g/mol. The number of carbonyl (C=O) groups excluding carboxylic acids is 1. The van der Waals surface area contributed by atoms with Crippen molar-refractivity contribution < 1.29 is 19.0 Å². The van der Waals surface area contributed by atoms with Gasteiger partial charge in [0.1, 0.15) is 11.4 Å². The van der Waals surface area contributed by atoms with E-state index in [-0.39, 0.29) is 24.3 Å². The minimum atomic E-state index is -1.15. The van der Waals surface area contributed by atoms with Crippen molar-refractivity contribution in [1.82, 2.24) is 9.80 Å². The van der Waals surface area contributed by atoms with Gasteiger partial charge in [0.2, 0.25) is 0 Å². The molecule has 1 aromatic carbocycles. The van der Waals surface area contributed by atoms with Crippen LogP contribution in [0.1, 0.15) is 28.8 Å². The van der Waals surface area contributed by atoms with Gasteiger partial charge in [-0.3, -0.25) is 4.79 Å². The van der Waals surface area contributed by atoms with Crippen LogP contribution in [0.5, 0.6) is 0 Å². The molecule has 7 heteroatoms. The van der Waals surface area contributed by atoms with E-state index in [1.165, 1.54) is 11.0 Å². The maximum Gasteiger partial charge on any atom is 0.254 e. The van der Waals surface area contributed by atoms with Crippen LogP contribution in [0.2, 0.25) is 0 Å². The van der Waals surface area contributed by atoms with Crippen LogP contribution in [-0.4, -0.2) is 72.4 Å². The van der Waals surface area contributed by atoms with Crippen molar-refractivity contribution in [3.63, 3.8) is 0 Å². The quantitative estimate of drug-likeness (QED) is 0.883. The van der Waals surface area contributed by atoms with Gasteiger partial charge < -0.3 is 19.6 Å². The zero-order chi connectivity index (χ0) is 17.9. The minimum Gasteiger partial charge on any atom is -0.384 e. The van der Waals surface area contributed by atoms with Crippen molar-refractivity contribution in [3.8, 4) is 6.07 Å². The van der Waals surface area contributed by atoms with E-state index in [2.05, 4.69) is 4.90 Å². The fourth-order valence-corrected chi connectivity index (χ4v) is 3.50. The van der Waals surface area contributed by atoms with E-state index < -0.39 is 17.3 Å². The molecule has 0 aromatic heterocycles. The molecule has 2 aliphatic heterocycles. The molecular weight excluding hydrogens is 325 g/mol. The van der Waals surface area contributed by atoms with E-state index in [4.69, 9.17) is 10.00 Å². The molecule has 2 heterocycles. The predicted octanol–water partition coefficient (Wildman–Crippen LogP) is 0.997. The zero-order valence-corrected chi connectivity index (χ0v) is 14.1. The van der Waals surface area contributed by atoms with E-state index in [1.54, 1.807) is 0 Å². The summed E-state index contributed by atoms with van der Waals surface area (Å²) in [6.45, 7) is 3.25. The first-order chi connectivity index (χ1) is 12.0. The summed E-state index contributed by atoms with van der Waals surface area (Å²) in [5.74, 6) is -1.03. The van der Waals surface area contributed by atoms with Crippen LogP contribution < -0.4 is 0 Å². The SMILES string of the molecule is N#Cc1cc(F)cc(C(=O)N2CCOCC(O)(CN3CCCC3)C2)c1. The fraction of sp³-hybridized carbons (Fsp3) is 0.556. The summed E-state index contributed by atoms with van der Waals surface area (Å²) < 4.78 is 19.2. The normalized spacial score (nSPS) is 24.8. The van der Waals surface area contributed by atoms with Crippen LogP contribution in [-0.2, 0) is 4.74 Å². The van der Waals surface area contributed by atoms with E-state index in [1.807, 2.05) is 6.07 Å². The van der Waals surface area contributed by atoms with Gasteiger partial charge in [0.15, 0.2) is 0 Å². The zero-order valence-electron chi connectivity index (χ0n) is 14.1. The summed E-state index contributed by atoms with van der Waals surface area (Å²) in [4.78, 5) is 16.4. The minimum absolute atomic E-state index is 0.0988. The first-order valence-electron chi connectivity index (χ1n) is 8.52. The number of amides is 1. The van der Waals surface area contributed by atoms with Gasteiger partial charge in [-0.25, -0.2) is 4.39 Å². The summed E-state index contributed by atoms with van der Waals surface area (Å²) in [6.07, 6.45) is 2.22. The molecule has 0 saturated carbocycles. The van der Waals surface area contributed by atoms with E-state index in [0.717, 1.165) is 38.1 Å². The van der Waals surface area contributed by atoms with Gasteiger partial charge in [0.05, 0.1) is 31.4 Å². The molecule has 2 aliphatic rings. The Morgan fingerprint density at radius 3 is 2.80 bits per heavy atom. The predicted molar refractivity (Wildman–Crippen MR) is 88.5 cm³/mol. The summed E-state index contributed by atoms with van der Waals surface area (Å²) >= 11 is 0. The Kier molecular flexibility index (Phi) is 5.33. The number of carbonyl (C=O) groups is 1. The second-order valence-corrected chi connectivity index (χ2v) is 6.83. The fourth-order valence-electron chi connectivity index (χ4n) is 3.50. The van der Waals surface area contributed by atoms with Crippen molar-refractivity contribution >= 4 is 5.91 Å². The third-order valence-corrected chi connectivity index (χ3v) is 4.64. The molecule has 0 spiro atoms. The molecule has 1 N–H and O–H groups in total. The Bertz CT molecular complexity index is 685. The number of rotatable bonds is 3. The van der Waals surface area contributed by atoms with E-state index in [0.29, 0.717) is 19.7 Å². The lowest BCUT2D eigenvalue weighted by Gasteiger charge is -2.34. The van der Waals surface area contributed by atoms with Crippen LogP contribution in [0.25, 0.3) is 0 Å². The van der Waals surface area contributed by atoms with Crippen molar-refractivity contribution in [3.05, 3.63) is 35.1 Å². The highest BCUT2D eigenvalue weighted by Gasteiger charge is 2.37. The second kappa shape index (κ2) is 7.48. The van der Waals surface area contributed by atoms with Crippen LogP contribution >= 0.6 is 0 Å². The Hall–Kier alpha value is -2.01. The first kappa shape index (κ1) is 17.8. The molecule has 0 bridgehead atoms. The summed E-state index contributed by atoms with van der Waals surface area (Å²) in [5, 5.41) is 19.9. The Morgan fingerprint density at radius 2 is 2.08 bits per heavy atom. The van der Waals surface area contributed by atoms with Gasteiger partial charge in [-0.2, -0.15) is 5.26 Å². The van der Waals surface area contributed by atoms with Crippen molar-refractivity contribution in [2.75, 3.05) is 45.9 Å². The average Bonchev–Trinajstić information content (AvgIpc) is 3.01. The number of nitrogens with zero attached hydrogens (tertiary/aromatic N) is 3. The average molecular weight is 347 g/mol. The summed E-state index contributed by atoms with van der Waals surface area (Å²) in [7, 11) is 0. The number of aliphatic hydroxyl groups is 1. The summed E-state index contributed by atoms with van der Waals surface area (Å²) in [6, 6.07) is 5.43. The summed E-state index contributed by atoms with van der Waals surface area (Å²) in [5.41, 5.74) is -0.939. The van der Waals surface area contributed by atoms with Crippen LogP contribution in [0.15, 0.2) is 18.2 Å². The number of likely N-dealkylation sites (tertiary alicyclic amines) is 1. The van der Waals surface area contributed by atoms with Gasteiger partial charge >= 0.3 is 0 Å². The van der Waals surface area contributed by atoms with E-state index in [9.17, 15) is 14.3 Å². The van der Waals surface area contributed by atoms with Crippen LogP contribution in [0.3, 0.4) is 0 Å². The van der Waals surface area contributed by atoms with Crippen molar-refractivity contribution in [2.24, 2.45) is 0 Å². The number of benzene rings is 1. The highest BCUT2D eigenvalue weighted by molar-refractivity contribution is 5.94. The lowest BCUT2D eigenvalue weighted by atomic mass is 10.0. The molecule has 25 heavy (non-hydrogen) atoms. The Morgan fingerprint density at radius 1 is 1.32 bits per heavy atom. The van der Waals surface area contributed by atoms with Crippen LogP contribution in [0, 0.1) is 17.1 Å². The molecule has 2 fully saturated rings. The second-order valence-electron chi connectivity index (χ2n) is 6.83. The molecule has 3 rings (SSSR count). The number of halogens is 1. The topological polar surface area (TPSA) is 76.8 Å². The largest absolute Gasteiger partial charge is 0.384 e. The highest BCUT2D eigenvalue weighted by atomic mass is 19.1. The Labute approximate surface area is 146 Å². The number of hydrogen-bond acceptors (Lipinski definition) is 5. The van der Waals surface area contributed by atoms with Crippen LogP contribution in [0.4, 0.5) is 4.39 Å². The van der Waals surface area contributed by atoms with Gasteiger partial charge in [0, 0.05) is 18.7 Å². The van der Waals surface area contributed by atoms with Gasteiger partial charge in [0.25, 0.3) is 5.91 Å². The van der Waals surface area contributed by atoms with Gasteiger partial charge in [-0.15, -0.1) is 0 Å². The molecule has 0 aliphatic carbocycles. The van der Waals surface area contributed by atoms with Gasteiger partial charge in [-0.05, 0) is 44.1 Å².